The predicted octanol–water partition coefficient (Wildman–Crippen LogP) is 0.495. The zero-order valence-corrected chi connectivity index (χ0v) is 8.56. The summed E-state index contributed by atoms with van der Waals surface area (Å²) < 4.78 is 4.72. The Morgan fingerprint density at radius 2 is 2.38 bits per heavy atom. The molecule has 0 aromatic carbocycles. The molecule has 0 aliphatic rings. The Morgan fingerprint density at radius 1 is 1.56 bits per heavy atom. The number of aromatic nitrogens is 3. The Morgan fingerprint density at radius 3 is 3.12 bits per heavy atom. The summed E-state index contributed by atoms with van der Waals surface area (Å²) in [7, 11) is 0. The van der Waals surface area contributed by atoms with Gasteiger partial charge in [-0.05, 0) is 19.1 Å². The number of rotatable bonds is 2. The molecule has 0 fully saturated rings. The average molecular weight is 219 g/mol. The summed E-state index contributed by atoms with van der Waals surface area (Å²) in [6, 6.07) is 3.32. The van der Waals surface area contributed by atoms with E-state index < -0.39 is 11.5 Å². The van der Waals surface area contributed by atoms with Crippen LogP contribution in [-0.4, -0.2) is 27.5 Å². The number of aromatic amines is 1. The van der Waals surface area contributed by atoms with Crippen molar-refractivity contribution in [3.63, 3.8) is 0 Å². The van der Waals surface area contributed by atoms with Gasteiger partial charge in [0.1, 0.15) is 5.52 Å². The largest absolute Gasteiger partial charge is 0.461 e. The topological polar surface area (TPSA) is 84.9 Å². The summed E-state index contributed by atoms with van der Waals surface area (Å²) >= 11 is 0. The van der Waals surface area contributed by atoms with Crippen LogP contribution in [-0.2, 0) is 4.74 Å². The summed E-state index contributed by atoms with van der Waals surface area (Å²) in [5.41, 5.74) is -0.0438. The van der Waals surface area contributed by atoms with Gasteiger partial charge >= 0.3 is 5.97 Å². The predicted molar refractivity (Wildman–Crippen MR) is 56.1 cm³/mol. The van der Waals surface area contributed by atoms with Crippen LogP contribution in [0, 0.1) is 0 Å². The fraction of sp³-hybridized carbons (Fsp3) is 0.200. The van der Waals surface area contributed by atoms with Gasteiger partial charge in [0.15, 0.2) is 5.65 Å². The number of H-pyrrole nitrogens is 1. The maximum atomic E-state index is 11.5. The van der Waals surface area contributed by atoms with E-state index in [1.54, 1.807) is 19.1 Å². The van der Waals surface area contributed by atoms with Crippen LogP contribution >= 0.6 is 0 Å². The van der Waals surface area contributed by atoms with Crippen molar-refractivity contribution in [2.24, 2.45) is 0 Å². The second-order valence-corrected chi connectivity index (χ2v) is 3.01. The lowest BCUT2D eigenvalue weighted by molar-refractivity contribution is 0.0517. The first-order valence-electron chi connectivity index (χ1n) is 4.74. The first-order chi connectivity index (χ1) is 7.72. The van der Waals surface area contributed by atoms with E-state index in [2.05, 4.69) is 15.0 Å². The molecule has 0 unspecified atom stereocenters. The molecule has 2 heterocycles. The van der Waals surface area contributed by atoms with E-state index in [1.807, 2.05) is 0 Å². The number of fused-ring (bicyclic) bond motifs is 1. The monoisotopic (exact) mass is 219 g/mol. The van der Waals surface area contributed by atoms with Crippen molar-refractivity contribution in [2.75, 3.05) is 6.61 Å². The van der Waals surface area contributed by atoms with Gasteiger partial charge in [0.05, 0.1) is 6.61 Å². The molecule has 0 amide bonds. The fourth-order valence-corrected chi connectivity index (χ4v) is 1.26. The zero-order chi connectivity index (χ0) is 11.5. The molecule has 6 heteroatoms. The van der Waals surface area contributed by atoms with Gasteiger partial charge in [-0.2, -0.15) is 0 Å². The maximum Gasteiger partial charge on any atom is 0.362 e. The van der Waals surface area contributed by atoms with E-state index in [4.69, 9.17) is 4.74 Å². The van der Waals surface area contributed by atoms with Gasteiger partial charge in [-0.15, -0.1) is 0 Å². The maximum absolute atomic E-state index is 11.5. The smallest absolute Gasteiger partial charge is 0.362 e. The van der Waals surface area contributed by atoms with Crippen molar-refractivity contribution in [1.82, 2.24) is 15.0 Å². The van der Waals surface area contributed by atoms with Gasteiger partial charge in [-0.3, -0.25) is 4.79 Å². The molecule has 82 valence electrons. The standard InChI is InChI=1S/C10H9N3O3/c1-2-16-10(15)7-9(14)13-8-6(12-7)4-3-5-11-8/h3-5H,2H2,1H3,(H,11,13,14). The second-order valence-electron chi connectivity index (χ2n) is 3.01. The fourth-order valence-electron chi connectivity index (χ4n) is 1.26. The van der Waals surface area contributed by atoms with E-state index in [0.717, 1.165) is 0 Å². The van der Waals surface area contributed by atoms with E-state index in [1.165, 1.54) is 6.20 Å². The summed E-state index contributed by atoms with van der Waals surface area (Å²) in [6.45, 7) is 1.86. The molecule has 6 nitrogen and oxygen atoms in total. The molecule has 16 heavy (non-hydrogen) atoms. The zero-order valence-electron chi connectivity index (χ0n) is 8.56. The van der Waals surface area contributed by atoms with Gasteiger partial charge in [-0.25, -0.2) is 14.8 Å². The average Bonchev–Trinajstić information content (AvgIpc) is 2.28. The van der Waals surface area contributed by atoms with E-state index >= 15 is 0 Å². The number of nitrogens with one attached hydrogen (secondary N) is 1. The third-order valence-electron chi connectivity index (χ3n) is 1.93. The highest BCUT2D eigenvalue weighted by Crippen LogP contribution is 2.03. The molecule has 0 spiro atoms. The Kier molecular flexibility index (Phi) is 2.63. The van der Waals surface area contributed by atoms with Crippen LogP contribution in [0.3, 0.4) is 0 Å². The highest BCUT2D eigenvalue weighted by Gasteiger charge is 2.14. The molecular formula is C10H9N3O3. The highest BCUT2D eigenvalue weighted by atomic mass is 16.5. The minimum Gasteiger partial charge on any atom is -0.461 e. The molecule has 0 aliphatic carbocycles. The van der Waals surface area contributed by atoms with Gasteiger partial charge < -0.3 is 9.72 Å². The van der Waals surface area contributed by atoms with Crippen molar-refractivity contribution in [3.05, 3.63) is 34.4 Å². The molecule has 0 radical (unpaired) electrons. The molecular weight excluding hydrogens is 210 g/mol. The summed E-state index contributed by atoms with van der Waals surface area (Å²) in [5.74, 6) is -0.727. The normalized spacial score (nSPS) is 10.3. The van der Waals surface area contributed by atoms with Crippen LogP contribution in [0.5, 0.6) is 0 Å². The number of hydrogen-bond acceptors (Lipinski definition) is 5. The number of pyridine rings is 1. The van der Waals surface area contributed by atoms with Crippen LogP contribution in [0.2, 0.25) is 0 Å². The number of nitrogens with zero attached hydrogens (tertiary/aromatic N) is 2. The van der Waals surface area contributed by atoms with E-state index in [-0.39, 0.29) is 12.3 Å². The van der Waals surface area contributed by atoms with Gasteiger partial charge in [0.2, 0.25) is 5.69 Å². The molecule has 0 bridgehead atoms. The van der Waals surface area contributed by atoms with Crippen molar-refractivity contribution >= 4 is 17.1 Å². The Hall–Kier alpha value is -2.24. The molecule has 0 atom stereocenters. The van der Waals surface area contributed by atoms with Crippen molar-refractivity contribution < 1.29 is 9.53 Å². The number of hydrogen-bond donors (Lipinski definition) is 1. The lowest BCUT2D eigenvalue weighted by atomic mass is 10.4. The van der Waals surface area contributed by atoms with Gasteiger partial charge in [-0.1, -0.05) is 0 Å². The van der Waals surface area contributed by atoms with Gasteiger partial charge in [0, 0.05) is 6.20 Å². The second kappa shape index (κ2) is 4.09. The van der Waals surface area contributed by atoms with Crippen molar-refractivity contribution in [3.8, 4) is 0 Å². The minimum atomic E-state index is -0.727. The first-order valence-corrected chi connectivity index (χ1v) is 4.74. The minimum absolute atomic E-state index is 0.199. The third kappa shape index (κ3) is 1.77. The quantitative estimate of drug-likeness (QED) is 0.743. The van der Waals surface area contributed by atoms with Crippen LogP contribution < -0.4 is 5.56 Å². The number of carbonyl (C=O) groups is 1. The summed E-state index contributed by atoms with van der Waals surface area (Å²) in [6.07, 6.45) is 1.53. The molecule has 0 aliphatic heterocycles. The van der Waals surface area contributed by atoms with Crippen LogP contribution in [0.1, 0.15) is 17.4 Å². The SMILES string of the molecule is CCOC(=O)c1nc2cccnc2[nH]c1=O. The van der Waals surface area contributed by atoms with E-state index in [0.29, 0.717) is 11.2 Å². The summed E-state index contributed by atoms with van der Waals surface area (Å²) in [5, 5.41) is 0. The number of carbonyl (C=O) groups excluding carboxylic acids is 1. The van der Waals surface area contributed by atoms with Crippen molar-refractivity contribution in [1.29, 1.82) is 0 Å². The van der Waals surface area contributed by atoms with Crippen LogP contribution in [0.4, 0.5) is 0 Å². The van der Waals surface area contributed by atoms with E-state index in [9.17, 15) is 9.59 Å². The molecule has 1 N–H and O–H groups in total. The van der Waals surface area contributed by atoms with Crippen LogP contribution in [0.25, 0.3) is 11.2 Å². The highest BCUT2D eigenvalue weighted by molar-refractivity contribution is 5.88. The Bertz CT molecular complexity index is 591. The lowest BCUT2D eigenvalue weighted by Crippen LogP contribution is -2.22. The Balaban J connectivity index is 2.58. The third-order valence-corrected chi connectivity index (χ3v) is 1.93. The molecule has 0 saturated heterocycles. The molecule has 0 saturated carbocycles. The molecule has 2 aromatic heterocycles. The van der Waals surface area contributed by atoms with Gasteiger partial charge in [0.25, 0.3) is 5.56 Å². The summed E-state index contributed by atoms with van der Waals surface area (Å²) in [4.78, 5) is 33.2. The number of esters is 1. The molecule has 2 aromatic rings. The number of ether oxygens (including phenoxy) is 1. The van der Waals surface area contributed by atoms with Crippen LogP contribution in [0.15, 0.2) is 23.1 Å². The molecule has 2 rings (SSSR count). The first kappa shape index (κ1) is 10.3. The Labute approximate surface area is 90.3 Å². The lowest BCUT2D eigenvalue weighted by Gasteiger charge is -2.01. The van der Waals surface area contributed by atoms with Crippen molar-refractivity contribution in [2.45, 2.75) is 6.92 Å².